The Hall–Kier alpha value is -0.580. The van der Waals surface area contributed by atoms with Crippen LogP contribution in [0.3, 0.4) is 0 Å². The van der Waals surface area contributed by atoms with Crippen LogP contribution in [-0.2, 0) is 11.2 Å². The van der Waals surface area contributed by atoms with Gasteiger partial charge in [-0.25, -0.2) is 4.39 Å². The van der Waals surface area contributed by atoms with Crippen LogP contribution < -0.4 is 5.32 Å². The lowest BCUT2D eigenvalue weighted by atomic mass is 9.96. The van der Waals surface area contributed by atoms with Gasteiger partial charge in [-0.3, -0.25) is 0 Å². The van der Waals surface area contributed by atoms with Gasteiger partial charge in [0.25, 0.3) is 0 Å². The molecule has 0 aliphatic heterocycles. The molecule has 1 aromatic carbocycles. The van der Waals surface area contributed by atoms with Crippen LogP contribution in [0.2, 0.25) is 0 Å². The molecule has 0 bridgehead atoms. The number of benzene rings is 1. The number of nitrogens with one attached hydrogen (secondary N) is 1. The van der Waals surface area contributed by atoms with Crippen LogP contribution in [0.1, 0.15) is 12.0 Å². The number of thioether (sulfide) groups is 1. The van der Waals surface area contributed by atoms with Crippen molar-refractivity contribution in [2.45, 2.75) is 12.8 Å². The van der Waals surface area contributed by atoms with E-state index in [4.69, 9.17) is 4.74 Å². The van der Waals surface area contributed by atoms with Crippen LogP contribution >= 0.6 is 11.8 Å². The first-order chi connectivity index (χ1) is 9.26. The van der Waals surface area contributed by atoms with Crippen LogP contribution in [0, 0.1) is 11.7 Å². The number of hydrogen-bond acceptors (Lipinski definition) is 3. The molecule has 1 rings (SSSR count). The van der Waals surface area contributed by atoms with E-state index in [2.05, 4.69) is 11.6 Å². The Morgan fingerprint density at radius 1 is 1.42 bits per heavy atom. The zero-order chi connectivity index (χ0) is 13.9. The highest BCUT2D eigenvalue weighted by molar-refractivity contribution is 7.98. The Kier molecular flexibility index (Phi) is 8.88. The molecule has 4 heteroatoms. The van der Waals surface area contributed by atoms with E-state index in [-0.39, 0.29) is 5.82 Å². The normalized spacial score (nSPS) is 12.6. The summed E-state index contributed by atoms with van der Waals surface area (Å²) in [5, 5.41) is 3.40. The summed E-state index contributed by atoms with van der Waals surface area (Å²) in [5.74, 6) is 1.55. The molecule has 2 nitrogen and oxygen atoms in total. The predicted molar refractivity (Wildman–Crippen MR) is 81.3 cm³/mol. The molecule has 0 amide bonds. The lowest BCUT2D eigenvalue weighted by molar-refractivity contribution is 0.197. The smallest absolute Gasteiger partial charge is 0.123 e. The molecule has 0 spiro atoms. The van der Waals surface area contributed by atoms with Gasteiger partial charge in [-0.15, -0.1) is 0 Å². The molecule has 0 aromatic heterocycles. The summed E-state index contributed by atoms with van der Waals surface area (Å²) < 4.78 is 18.2. The first kappa shape index (κ1) is 16.5. The summed E-state index contributed by atoms with van der Waals surface area (Å²) in [5.41, 5.74) is 1.08. The Labute approximate surface area is 120 Å². The average molecular weight is 285 g/mol. The summed E-state index contributed by atoms with van der Waals surface area (Å²) in [6, 6.07) is 6.93. The lowest BCUT2D eigenvalue weighted by Crippen LogP contribution is -2.27. The fraction of sp³-hybridized carbons (Fsp3) is 0.600. The predicted octanol–water partition coefficient (Wildman–Crippen LogP) is 2.97. The van der Waals surface area contributed by atoms with Gasteiger partial charge in [0, 0.05) is 13.7 Å². The number of rotatable bonds is 10. The molecule has 0 aliphatic carbocycles. The van der Waals surface area contributed by atoms with Crippen molar-refractivity contribution in [2.24, 2.45) is 5.92 Å². The molecule has 1 unspecified atom stereocenters. The molecule has 0 saturated heterocycles. The summed E-state index contributed by atoms with van der Waals surface area (Å²) in [6.07, 6.45) is 4.20. The highest BCUT2D eigenvalue weighted by Gasteiger charge is 2.09. The second-order valence-electron chi connectivity index (χ2n) is 4.68. The van der Waals surface area contributed by atoms with Crippen LogP contribution in [0.25, 0.3) is 0 Å². The van der Waals surface area contributed by atoms with Gasteiger partial charge in [-0.05, 0) is 55.0 Å². The maximum atomic E-state index is 13.2. The monoisotopic (exact) mass is 285 g/mol. The van der Waals surface area contributed by atoms with E-state index >= 15 is 0 Å². The fourth-order valence-corrected chi connectivity index (χ4v) is 2.61. The Balaban J connectivity index is 2.43. The topological polar surface area (TPSA) is 21.3 Å². The van der Waals surface area contributed by atoms with Crippen molar-refractivity contribution in [3.8, 4) is 0 Å². The molecule has 0 fully saturated rings. The second-order valence-corrected chi connectivity index (χ2v) is 5.66. The molecule has 108 valence electrons. The van der Waals surface area contributed by atoms with E-state index in [1.165, 1.54) is 6.07 Å². The van der Waals surface area contributed by atoms with Gasteiger partial charge in [0.15, 0.2) is 0 Å². The number of hydrogen-bond donors (Lipinski definition) is 1. The molecular formula is C15H24FNOS. The molecular weight excluding hydrogens is 261 g/mol. The average Bonchev–Trinajstić information content (AvgIpc) is 2.40. The minimum absolute atomic E-state index is 0.145. The Bertz CT molecular complexity index is 349. The van der Waals surface area contributed by atoms with Gasteiger partial charge in [0.1, 0.15) is 5.82 Å². The summed E-state index contributed by atoms with van der Waals surface area (Å²) >= 11 is 1.86. The number of ether oxygens (including phenoxy) is 1. The SMILES string of the molecule is COCCNCC(CCSC)Cc1cccc(F)c1. The number of halogens is 1. The Morgan fingerprint density at radius 2 is 2.26 bits per heavy atom. The third-order valence-corrected chi connectivity index (χ3v) is 3.70. The minimum Gasteiger partial charge on any atom is -0.383 e. The van der Waals surface area contributed by atoms with Crippen LogP contribution in [0.5, 0.6) is 0 Å². The molecule has 0 aliphatic rings. The lowest BCUT2D eigenvalue weighted by Gasteiger charge is -2.17. The van der Waals surface area contributed by atoms with Crippen molar-refractivity contribution in [1.82, 2.24) is 5.32 Å². The third kappa shape index (κ3) is 7.55. The van der Waals surface area contributed by atoms with Gasteiger partial charge in [-0.2, -0.15) is 11.8 Å². The van der Waals surface area contributed by atoms with E-state index < -0.39 is 0 Å². The van der Waals surface area contributed by atoms with E-state index in [1.807, 2.05) is 17.8 Å². The van der Waals surface area contributed by atoms with Gasteiger partial charge in [0.2, 0.25) is 0 Å². The minimum atomic E-state index is -0.145. The molecule has 1 atom stereocenters. The van der Waals surface area contributed by atoms with Crippen molar-refractivity contribution < 1.29 is 9.13 Å². The van der Waals surface area contributed by atoms with E-state index in [1.54, 1.807) is 19.2 Å². The van der Waals surface area contributed by atoms with E-state index in [0.29, 0.717) is 5.92 Å². The van der Waals surface area contributed by atoms with Crippen molar-refractivity contribution in [3.05, 3.63) is 35.6 Å². The highest BCUT2D eigenvalue weighted by Crippen LogP contribution is 2.15. The molecule has 0 radical (unpaired) electrons. The van der Waals surface area contributed by atoms with Gasteiger partial charge >= 0.3 is 0 Å². The molecule has 1 aromatic rings. The standard InChI is InChI=1S/C15H24FNOS/c1-18-8-7-17-12-14(6-9-19-2)10-13-4-3-5-15(16)11-13/h3-5,11,14,17H,6-10,12H2,1-2H3. The Morgan fingerprint density at radius 3 is 2.95 bits per heavy atom. The van der Waals surface area contributed by atoms with Gasteiger partial charge in [-0.1, -0.05) is 12.1 Å². The van der Waals surface area contributed by atoms with E-state index in [9.17, 15) is 4.39 Å². The van der Waals surface area contributed by atoms with Crippen molar-refractivity contribution in [2.75, 3.05) is 38.8 Å². The molecule has 0 saturated carbocycles. The maximum absolute atomic E-state index is 13.2. The summed E-state index contributed by atoms with van der Waals surface area (Å²) in [4.78, 5) is 0. The maximum Gasteiger partial charge on any atom is 0.123 e. The summed E-state index contributed by atoms with van der Waals surface area (Å²) in [6.45, 7) is 2.56. The molecule has 1 N–H and O–H groups in total. The van der Waals surface area contributed by atoms with Crippen molar-refractivity contribution >= 4 is 11.8 Å². The third-order valence-electron chi connectivity index (χ3n) is 3.06. The van der Waals surface area contributed by atoms with Crippen LogP contribution in [0.4, 0.5) is 4.39 Å². The number of methoxy groups -OCH3 is 1. The van der Waals surface area contributed by atoms with Crippen LogP contribution in [-0.4, -0.2) is 38.8 Å². The largest absolute Gasteiger partial charge is 0.383 e. The second kappa shape index (κ2) is 10.2. The quantitative estimate of drug-likeness (QED) is 0.668. The molecule has 0 heterocycles. The molecule has 19 heavy (non-hydrogen) atoms. The zero-order valence-corrected chi connectivity index (χ0v) is 12.6. The van der Waals surface area contributed by atoms with E-state index in [0.717, 1.165) is 43.9 Å². The van der Waals surface area contributed by atoms with Gasteiger partial charge < -0.3 is 10.1 Å². The fourth-order valence-electron chi connectivity index (χ4n) is 2.04. The van der Waals surface area contributed by atoms with Gasteiger partial charge in [0.05, 0.1) is 6.61 Å². The van der Waals surface area contributed by atoms with Crippen molar-refractivity contribution in [1.29, 1.82) is 0 Å². The zero-order valence-electron chi connectivity index (χ0n) is 11.8. The first-order valence-corrected chi connectivity index (χ1v) is 8.08. The van der Waals surface area contributed by atoms with Crippen LogP contribution in [0.15, 0.2) is 24.3 Å². The summed E-state index contributed by atoms with van der Waals surface area (Å²) in [7, 11) is 1.71. The first-order valence-electron chi connectivity index (χ1n) is 6.69. The van der Waals surface area contributed by atoms with Crippen molar-refractivity contribution in [3.63, 3.8) is 0 Å². The highest BCUT2D eigenvalue weighted by atomic mass is 32.2.